The third kappa shape index (κ3) is 62.8. The molecule has 0 aromatic heterocycles. The first-order valence-corrected chi connectivity index (χ1v) is 39.3. The molecule has 0 saturated heterocycles. The van der Waals surface area contributed by atoms with Crippen molar-refractivity contribution in [1.29, 1.82) is 0 Å². The van der Waals surface area contributed by atoms with Crippen molar-refractivity contribution in [1.82, 2.24) is 0 Å². The number of hydrogen-bond donors (Lipinski definition) is 3. The van der Waals surface area contributed by atoms with Gasteiger partial charge in [-0.3, -0.25) is 37.3 Å². The van der Waals surface area contributed by atoms with E-state index in [1.54, 1.807) is 0 Å². The number of phosphoric ester groups is 2. The third-order valence-electron chi connectivity index (χ3n) is 16.1. The van der Waals surface area contributed by atoms with E-state index in [0.29, 0.717) is 25.7 Å². The topological polar surface area (TPSA) is 237 Å². The predicted molar refractivity (Wildman–Crippen MR) is 354 cm³/mol. The molecule has 0 radical (unpaired) electrons. The Hall–Kier alpha value is -1.94. The number of carbonyl (C=O) groups is 4. The maximum atomic E-state index is 13.0. The second-order valence-corrected chi connectivity index (χ2v) is 27.8. The van der Waals surface area contributed by atoms with E-state index in [0.717, 1.165) is 116 Å². The summed E-state index contributed by atoms with van der Waals surface area (Å²) in [5.41, 5.74) is 0. The maximum absolute atomic E-state index is 13.0. The zero-order valence-electron chi connectivity index (χ0n) is 56.7. The lowest BCUT2D eigenvalue weighted by Crippen LogP contribution is -2.30. The van der Waals surface area contributed by atoms with Gasteiger partial charge in [-0.2, -0.15) is 0 Å². The highest BCUT2D eigenvalue weighted by atomic mass is 31.2. The molecular weight excluding hydrogens is 1160 g/mol. The fourth-order valence-electron chi connectivity index (χ4n) is 10.5. The molecule has 0 spiro atoms. The number of aliphatic hydroxyl groups excluding tert-OH is 1. The van der Waals surface area contributed by atoms with Crippen LogP contribution in [0.25, 0.3) is 0 Å². The standard InChI is InChI=1S/C69H134O17P2/c1-5-9-13-17-21-23-25-27-29-30-31-32-33-34-36-38-40-44-48-52-56-69(74)86-65(60-80-67(72)54-50-46-43-39-37-35-28-26-24-22-18-14-10-6-2)62-84-88(77,78)82-58-63(70)57-81-87(75,76)83-61-64(85-68(73)55-51-47-42-20-16-12-8-4)59-79-66(71)53-49-45-41-19-15-11-7-3/h63-65,70H,5-62H2,1-4H3,(H,75,76)(H,77,78)/t63-,64+,65+/m0/s1. The van der Waals surface area contributed by atoms with Crippen LogP contribution in [0.15, 0.2) is 0 Å². The van der Waals surface area contributed by atoms with E-state index in [1.807, 2.05) is 0 Å². The lowest BCUT2D eigenvalue weighted by atomic mass is 10.0. The second kappa shape index (κ2) is 63.8. The molecule has 0 rings (SSSR count). The average Bonchev–Trinajstić information content (AvgIpc) is 3.69. The number of unbranched alkanes of at least 4 members (excludes halogenated alkanes) is 44. The molecule has 0 fully saturated rings. The van der Waals surface area contributed by atoms with Crippen LogP contribution in [0.5, 0.6) is 0 Å². The van der Waals surface area contributed by atoms with Gasteiger partial charge in [0.2, 0.25) is 0 Å². The molecule has 19 heteroatoms. The molecule has 0 aliphatic rings. The van der Waals surface area contributed by atoms with E-state index in [1.165, 1.54) is 167 Å². The van der Waals surface area contributed by atoms with E-state index < -0.39 is 97.5 Å². The molecule has 0 aromatic rings. The van der Waals surface area contributed by atoms with E-state index >= 15 is 0 Å². The van der Waals surface area contributed by atoms with Crippen molar-refractivity contribution >= 4 is 39.5 Å². The summed E-state index contributed by atoms with van der Waals surface area (Å²) in [5.74, 6) is -2.13. The summed E-state index contributed by atoms with van der Waals surface area (Å²) >= 11 is 0. The Kier molecular flexibility index (Phi) is 62.4. The fraction of sp³-hybridized carbons (Fsp3) is 0.942. The molecule has 0 aromatic carbocycles. The summed E-state index contributed by atoms with van der Waals surface area (Å²) in [6, 6.07) is 0. The van der Waals surface area contributed by atoms with Crippen LogP contribution < -0.4 is 0 Å². The van der Waals surface area contributed by atoms with Gasteiger partial charge in [0.15, 0.2) is 12.2 Å². The highest BCUT2D eigenvalue weighted by Crippen LogP contribution is 2.45. The zero-order chi connectivity index (χ0) is 64.7. The van der Waals surface area contributed by atoms with Crippen LogP contribution in [-0.4, -0.2) is 96.7 Å². The van der Waals surface area contributed by atoms with Crippen molar-refractivity contribution in [2.45, 2.75) is 380 Å². The van der Waals surface area contributed by atoms with E-state index in [2.05, 4.69) is 27.7 Å². The monoisotopic (exact) mass is 1300 g/mol. The number of aliphatic hydroxyl groups is 1. The largest absolute Gasteiger partial charge is 0.472 e. The van der Waals surface area contributed by atoms with Crippen molar-refractivity contribution < 1.29 is 80.2 Å². The lowest BCUT2D eigenvalue weighted by Gasteiger charge is -2.21. The van der Waals surface area contributed by atoms with E-state index in [-0.39, 0.29) is 25.7 Å². The first kappa shape index (κ1) is 86.1. The fourth-order valence-corrected chi connectivity index (χ4v) is 12.1. The highest BCUT2D eigenvalue weighted by Gasteiger charge is 2.30. The smallest absolute Gasteiger partial charge is 0.462 e. The van der Waals surface area contributed by atoms with Crippen LogP contribution in [0, 0.1) is 0 Å². The number of phosphoric acid groups is 2. The molecule has 88 heavy (non-hydrogen) atoms. The Morgan fingerprint density at radius 3 is 0.670 bits per heavy atom. The zero-order valence-corrected chi connectivity index (χ0v) is 58.5. The van der Waals surface area contributed by atoms with Gasteiger partial charge in [-0.15, -0.1) is 0 Å². The van der Waals surface area contributed by atoms with Gasteiger partial charge in [0.1, 0.15) is 19.3 Å². The Morgan fingerprint density at radius 1 is 0.273 bits per heavy atom. The van der Waals surface area contributed by atoms with Crippen LogP contribution in [0.1, 0.15) is 362 Å². The summed E-state index contributed by atoms with van der Waals surface area (Å²) in [7, 11) is -9.88. The SMILES string of the molecule is CCCCCCCCCCCCCCCCCCCCCCC(=O)O[C@H](COC(=O)CCCCCCCCCCCCCCCC)COP(=O)(O)OC[C@@H](O)COP(=O)(O)OC[C@@H](COC(=O)CCCCCCCCC)OC(=O)CCCCCCCCC. The van der Waals surface area contributed by atoms with Gasteiger partial charge in [0.25, 0.3) is 0 Å². The molecule has 0 saturated carbocycles. The van der Waals surface area contributed by atoms with Crippen LogP contribution >= 0.6 is 15.6 Å². The van der Waals surface area contributed by atoms with Crippen LogP contribution in [0.4, 0.5) is 0 Å². The van der Waals surface area contributed by atoms with Gasteiger partial charge in [0, 0.05) is 25.7 Å². The van der Waals surface area contributed by atoms with Crippen molar-refractivity contribution in [3.05, 3.63) is 0 Å². The first-order valence-electron chi connectivity index (χ1n) is 36.3. The highest BCUT2D eigenvalue weighted by molar-refractivity contribution is 7.47. The van der Waals surface area contributed by atoms with Crippen molar-refractivity contribution in [3.63, 3.8) is 0 Å². The molecular formula is C69H134O17P2. The number of esters is 4. The lowest BCUT2D eigenvalue weighted by molar-refractivity contribution is -0.161. The van der Waals surface area contributed by atoms with Gasteiger partial charge >= 0.3 is 39.5 Å². The van der Waals surface area contributed by atoms with Crippen LogP contribution in [-0.2, 0) is 65.4 Å². The molecule has 0 aliphatic carbocycles. The Morgan fingerprint density at radius 2 is 0.455 bits per heavy atom. The molecule has 0 aliphatic heterocycles. The molecule has 0 heterocycles. The van der Waals surface area contributed by atoms with Crippen molar-refractivity contribution in [3.8, 4) is 0 Å². The molecule has 0 amide bonds. The van der Waals surface area contributed by atoms with E-state index in [9.17, 15) is 43.2 Å². The molecule has 522 valence electrons. The van der Waals surface area contributed by atoms with Gasteiger partial charge in [-0.1, -0.05) is 310 Å². The van der Waals surface area contributed by atoms with Crippen LogP contribution in [0.3, 0.4) is 0 Å². The quantitative estimate of drug-likeness (QED) is 0.0222. The summed E-state index contributed by atoms with van der Waals surface area (Å²) in [6.07, 6.45) is 51.7. The van der Waals surface area contributed by atoms with Crippen molar-refractivity contribution in [2.24, 2.45) is 0 Å². The van der Waals surface area contributed by atoms with Crippen LogP contribution in [0.2, 0.25) is 0 Å². The summed E-state index contributed by atoms with van der Waals surface area (Å²) in [4.78, 5) is 72.2. The number of hydrogen-bond acceptors (Lipinski definition) is 15. The minimum absolute atomic E-state index is 0.104. The minimum Gasteiger partial charge on any atom is -0.462 e. The number of ether oxygens (including phenoxy) is 4. The minimum atomic E-state index is -4.95. The molecule has 3 N–H and O–H groups in total. The second-order valence-electron chi connectivity index (χ2n) is 24.9. The predicted octanol–water partition coefficient (Wildman–Crippen LogP) is 19.9. The normalized spacial score (nSPS) is 14.0. The Bertz CT molecular complexity index is 1690. The Balaban J connectivity index is 5.12. The molecule has 0 bridgehead atoms. The summed E-state index contributed by atoms with van der Waals surface area (Å²) in [6.45, 7) is 4.85. The summed E-state index contributed by atoms with van der Waals surface area (Å²) < 4.78 is 68.0. The molecule has 5 atom stereocenters. The maximum Gasteiger partial charge on any atom is 0.472 e. The van der Waals surface area contributed by atoms with Crippen molar-refractivity contribution in [2.75, 3.05) is 39.6 Å². The van der Waals surface area contributed by atoms with Gasteiger partial charge in [0.05, 0.1) is 26.4 Å². The third-order valence-corrected chi connectivity index (χ3v) is 18.0. The molecule has 17 nitrogen and oxygen atoms in total. The number of carbonyl (C=O) groups excluding carboxylic acids is 4. The number of rotatable bonds is 70. The van der Waals surface area contributed by atoms with Gasteiger partial charge in [-0.05, 0) is 25.7 Å². The Labute approximate surface area is 537 Å². The van der Waals surface area contributed by atoms with Gasteiger partial charge in [-0.25, -0.2) is 9.13 Å². The summed E-state index contributed by atoms with van der Waals surface area (Å²) in [5, 5.41) is 10.5. The van der Waals surface area contributed by atoms with E-state index in [4.69, 9.17) is 37.0 Å². The average molecular weight is 1300 g/mol. The first-order chi connectivity index (χ1) is 42.7. The van der Waals surface area contributed by atoms with Gasteiger partial charge < -0.3 is 33.8 Å². The molecule has 2 unspecified atom stereocenters.